The van der Waals surface area contributed by atoms with Gasteiger partial charge in [-0.05, 0) is 56.3 Å². The predicted octanol–water partition coefficient (Wildman–Crippen LogP) is 4.29. The van der Waals surface area contributed by atoms with E-state index in [1.807, 2.05) is 0 Å². The van der Waals surface area contributed by atoms with Crippen LogP contribution in [0, 0.1) is 35.0 Å². The molecule has 0 bridgehead atoms. The van der Waals surface area contributed by atoms with Crippen molar-refractivity contribution in [3.05, 3.63) is 12.2 Å². The number of hydrogen-bond acceptors (Lipinski definition) is 1. The fourth-order valence-corrected chi connectivity index (χ4v) is 3.93. The Morgan fingerprint density at radius 3 is 2.56 bits per heavy atom. The molecule has 0 amide bonds. The lowest BCUT2D eigenvalue weighted by Gasteiger charge is -2.25. The van der Waals surface area contributed by atoms with Crippen LogP contribution >= 0.6 is 0 Å². The van der Waals surface area contributed by atoms with Crippen molar-refractivity contribution in [2.45, 2.75) is 46.5 Å². The average Bonchev–Trinajstić information content (AvgIpc) is 2.39. The van der Waals surface area contributed by atoms with Gasteiger partial charge in [0.05, 0.1) is 0 Å². The first-order valence-electron chi connectivity index (χ1n) is 6.73. The van der Waals surface area contributed by atoms with Crippen LogP contribution in [0.5, 0.6) is 0 Å². The number of rotatable bonds is 1. The van der Waals surface area contributed by atoms with Crippen LogP contribution in [0.4, 0.5) is 0 Å². The molecule has 2 saturated carbocycles. The minimum atomic E-state index is 0.583. The zero-order valence-electron chi connectivity index (χ0n) is 10.9. The maximum atomic E-state index is 8.18. The Kier molecular flexibility index (Phi) is 3.23. The van der Waals surface area contributed by atoms with Crippen LogP contribution in [0.1, 0.15) is 46.5 Å². The molecule has 0 radical (unpaired) electrons. The van der Waals surface area contributed by atoms with Gasteiger partial charge in [-0.15, -0.1) is 0 Å². The number of hydrogen-bond donors (Lipinski definition) is 1. The Bertz CT molecular complexity index is 305. The van der Waals surface area contributed by atoms with Crippen molar-refractivity contribution >= 4 is 5.71 Å². The molecule has 5 atom stereocenters. The highest BCUT2D eigenvalue weighted by Gasteiger charge is 2.43. The van der Waals surface area contributed by atoms with E-state index >= 15 is 0 Å². The van der Waals surface area contributed by atoms with E-state index in [0.29, 0.717) is 17.8 Å². The third-order valence-electron chi connectivity index (χ3n) is 4.97. The number of nitrogens with one attached hydrogen (secondary N) is 1. The van der Waals surface area contributed by atoms with Gasteiger partial charge >= 0.3 is 0 Å². The van der Waals surface area contributed by atoms with E-state index in [1.165, 1.54) is 24.8 Å². The Morgan fingerprint density at radius 2 is 1.94 bits per heavy atom. The van der Waals surface area contributed by atoms with E-state index in [2.05, 4.69) is 27.4 Å². The van der Waals surface area contributed by atoms with Crippen LogP contribution in [-0.2, 0) is 0 Å². The highest BCUT2D eigenvalue weighted by molar-refractivity contribution is 5.86. The molecule has 0 heterocycles. The second kappa shape index (κ2) is 4.35. The molecule has 2 fully saturated rings. The molecule has 0 aliphatic heterocycles. The molecule has 2 aliphatic rings. The van der Waals surface area contributed by atoms with Gasteiger partial charge in [0.15, 0.2) is 0 Å². The van der Waals surface area contributed by atoms with Crippen molar-refractivity contribution in [1.82, 2.24) is 0 Å². The van der Waals surface area contributed by atoms with Crippen LogP contribution in [0.2, 0.25) is 0 Å². The third kappa shape index (κ3) is 1.97. The van der Waals surface area contributed by atoms with Crippen LogP contribution in [0.15, 0.2) is 12.2 Å². The number of allylic oxidation sites excluding steroid dienone is 1. The molecule has 0 spiro atoms. The van der Waals surface area contributed by atoms with Crippen LogP contribution < -0.4 is 0 Å². The van der Waals surface area contributed by atoms with E-state index in [9.17, 15) is 0 Å². The van der Waals surface area contributed by atoms with Crippen molar-refractivity contribution in [3.63, 3.8) is 0 Å². The summed E-state index contributed by atoms with van der Waals surface area (Å²) in [5.74, 6) is 3.49. The summed E-state index contributed by atoms with van der Waals surface area (Å²) in [6, 6.07) is 0. The maximum Gasteiger partial charge on any atom is 0.0128 e. The quantitative estimate of drug-likeness (QED) is 0.636. The van der Waals surface area contributed by atoms with Gasteiger partial charge in [-0.3, -0.25) is 0 Å². The minimum absolute atomic E-state index is 0.583. The zero-order chi connectivity index (χ0) is 11.9. The molecule has 5 unspecified atom stereocenters. The first-order chi connectivity index (χ1) is 7.50. The first kappa shape index (κ1) is 11.9. The molecule has 0 saturated heterocycles. The molecular formula is C15H25N. The van der Waals surface area contributed by atoms with Crippen molar-refractivity contribution in [3.8, 4) is 0 Å². The lowest BCUT2D eigenvalue weighted by Crippen LogP contribution is -2.22. The lowest BCUT2D eigenvalue weighted by atomic mass is 9.79. The smallest absolute Gasteiger partial charge is 0.0128 e. The van der Waals surface area contributed by atoms with Gasteiger partial charge in [-0.25, -0.2) is 0 Å². The summed E-state index contributed by atoms with van der Waals surface area (Å²) in [7, 11) is 0. The van der Waals surface area contributed by atoms with E-state index in [0.717, 1.165) is 24.0 Å². The summed E-state index contributed by atoms with van der Waals surface area (Å²) < 4.78 is 0. The monoisotopic (exact) mass is 219 g/mol. The molecule has 16 heavy (non-hydrogen) atoms. The van der Waals surface area contributed by atoms with Crippen molar-refractivity contribution in [2.24, 2.45) is 29.6 Å². The molecule has 0 aromatic rings. The summed E-state index contributed by atoms with van der Waals surface area (Å²) in [5.41, 5.74) is 2.39. The second-order valence-electron chi connectivity index (χ2n) is 6.23. The molecule has 0 aromatic heterocycles. The van der Waals surface area contributed by atoms with E-state index < -0.39 is 0 Å². The van der Waals surface area contributed by atoms with Gasteiger partial charge in [-0.2, -0.15) is 0 Å². The first-order valence-corrected chi connectivity index (χ1v) is 6.73. The molecular weight excluding hydrogens is 194 g/mol. The fourth-order valence-electron chi connectivity index (χ4n) is 3.93. The highest BCUT2D eigenvalue weighted by Crippen LogP contribution is 2.47. The molecule has 1 heteroatoms. The lowest BCUT2D eigenvalue weighted by molar-refractivity contribution is 0.271. The third-order valence-corrected chi connectivity index (χ3v) is 4.97. The van der Waals surface area contributed by atoms with Crippen molar-refractivity contribution < 1.29 is 0 Å². The van der Waals surface area contributed by atoms with Gasteiger partial charge in [-0.1, -0.05) is 26.0 Å². The van der Waals surface area contributed by atoms with Crippen LogP contribution in [-0.4, -0.2) is 5.71 Å². The Morgan fingerprint density at radius 1 is 1.25 bits per heavy atom. The van der Waals surface area contributed by atoms with Gasteiger partial charge in [0.1, 0.15) is 0 Å². The molecule has 0 aromatic carbocycles. The van der Waals surface area contributed by atoms with E-state index in [1.54, 1.807) is 0 Å². The predicted molar refractivity (Wildman–Crippen MR) is 69.8 cm³/mol. The van der Waals surface area contributed by atoms with Gasteiger partial charge in [0, 0.05) is 11.6 Å². The molecule has 1 nitrogen and oxygen atoms in total. The molecule has 2 rings (SSSR count). The largest absolute Gasteiger partial charge is 0.309 e. The number of fused-ring (bicyclic) bond motifs is 1. The highest BCUT2D eigenvalue weighted by atomic mass is 14.6. The normalized spacial score (nSPS) is 43.9. The summed E-state index contributed by atoms with van der Waals surface area (Å²) in [5, 5.41) is 8.18. The topological polar surface area (TPSA) is 23.9 Å². The summed E-state index contributed by atoms with van der Waals surface area (Å²) >= 11 is 0. The summed E-state index contributed by atoms with van der Waals surface area (Å²) in [6.45, 7) is 11.0. The van der Waals surface area contributed by atoms with Gasteiger partial charge in [0.2, 0.25) is 0 Å². The van der Waals surface area contributed by atoms with E-state index in [4.69, 9.17) is 5.41 Å². The fraction of sp³-hybridized carbons (Fsp3) is 0.800. The SMILES string of the molecule is C=C(C)C1CCC(C)C2C(=N)CC(C)C2C1. The average molecular weight is 219 g/mol. The minimum Gasteiger partial charge on any atom is -0.309 e. The van der Waals surface area contributed by atoms with Gasteiger partial charge in [0.25, 0.3) is 0 Å². The molecule has 1 N–H and O–H groups in total. The van der Waals surface area contributed by atoms with Crippen LogP contribution in [0.3, 0.4) is 0 Å². The summed E-state index contributed by atoms with van der Waals surface area (Å²) in [4.78, 5) is 0. The Labute approximate surface area is 99.8 Å². The Hall–Kier alpha value is -0.590. The van der Waals surface area contributed by atoms with Crippen molar-refractivity contribution in [1.29, 1.82) is 5.41 Å². The Balaban J connectivity index is 2.21. The molecule has 90 valence electrons. The molecule has 2 aliphatic carbocycles. The van der Waals surface area contributed by atoms with Gasteiger partial charge < -0.3 is 5.41 Å². The maximum absolute atomic E-state index is 8.18. The van der Waals surface area contributed by atoms with Crippen molar-refractivity contribution in [2.75, 3.05) is 0 Å². The second-order valence-corrected chi connectivity index (χ2v) is 6.23. The zero-order valence-corrected chi connectivity index (χ0v) is 10.9. The standard InChI is InChI=1S/C15H25N/c1-9(2)12-6-5-10(3)15-13(8-12)11(4)7-14(15)16/h10-13,15-16H,1,5-8H2,2-4H3. The van der Waals surface area contributed by atoms with E-state index in [-0.39, 0.29) is 0 Å². The summed E-state index contributed by atoms with van der Waals surface area (Å²) in [6.07, 6.45) is 4.91. The van der Waals surface area contributed by atoms with Crippen LogP contribution in [0.25, 0.3) is 0 Å².